The van der Waals surface area contributed by atoms with Crippen molar-refractivity contribution in [1.29, 1.82) is 0 Å². The number of hydrazine groups is 1. The third kappa shape index (κ3) is 6.09. The molecule has 21 heavy (non-hydrogen) atoms. The lowest BCUT2D eigenvalue weighted by atomic mass is 10.4. The van der Waals surface area contributed by atoms with Gasteiger partial charge >= 0.3 is 6.01 Å². The van der Waals surface area contributed by atoms with E-state index >= 15 is 0 Å². The normalized spacial score (nSPS) is 11.0. The van der Waals surface area contributed by atoms with Crippen molar-refractivity contribution in [1.82, 2.24) is 19.9 Å². The lowest BCUT2D eigenvalue weighted by molar-refractivity contribution is 0.222. The molecule has 120 valence electrons. The van der Waals surface area contributed by atoms with Gasteiger partial charge in [0, 0.05) is 19.6 Å². The predicted molar refractivity (Wildman–Crippen MR) is 84.5 cm³/mol. The third-order valence-electron chi connectivity index (χ3n) is 2.67. The molecule has 8 nitrogen and oxygen atoms in total. The van der Waals surface area contributed by atoms with E-state index in [1.807, 2.05) is 27.9 Å². The van der Waals surface area contributed by atoms with E-state index in [9.17, 15) is 0 Å². The van der Waals surface area contributed by atoms with Crippen LogP contribution < -0.4 is 20.9 Å². The Balaban J connectivity index is 2.98. The lowest BCUT2D eigenvalue weighted by Crippen LogP contribution is -2.34. The van der Waals surface area contributed by atoms with Gasteiger partial charge in [-0.3, -0.25) is 5.43 Å². The van der Waals surface area contributed by atoms with Crippen LogP contribution in [0.4, 0.5) is 11.9 Å². The van der Waals surface area contributed by atoms with Crippen molar-refractivity contribution in [2.24, 2.45) is 5.84 Å². The Morgan fingerprint density at radius 1 is 1.14 bits per heavy atom. The van der Waals surface area contributed by atoms with Crippen LogP contribution in [0.3, 0.4) is 0 Å². The first-order valence-electron chi connectivity index (χ1n) is 7.25. The van der Waals surface area contributed by atoms with Crippen molar-refractivity contribution in [2.75, 3.05) is 44.1 Å². The standard InChI is InChI=1S/C13H27N7O/c1-6-7-20(9-8-19(4)5)12-15-11(18-14)16-13(17-12)21-10(2)3/h10H,6-9,14H2,1-5H3,(H,15,16,17,18). The molecule has 0 radical (unpaired) electrons. The van der Waals surface area contributed by atoms with Crippen molar-refractivity contribution in [2.45, 2.75) is 33.3 Å². The maximum absolute atomic E-state index is 5.56. The molecule has 0 bridgehead atoms. The summed E-state index contributed by atoms with van der Waals surface area (Å²) in [6.45, 7) is 8.58. The minimum Gasteiger partial charge on any atom is -0.461 e. The molecule has 0 aliphatic heterocycles. The van der Waals surface area contributed by atoms with Gasteiger partial charge in [-0.25, -0.2) is 5.84 Å². The molecule has 8 heteroatoms. The zero-order valence-electron chi connectivity index (χ0n) is 13.6. The van der Waals surface area contributed by atoms with Gasteiger partial charge in [-0.05, 0) is 34.4 Å². The van der Waals surface area contributed by atoms with Gasteiger partial charge in [0.1, 0.15) is 0 Å². The highest BCUT2D eigenvalue weighted by molar-refractivity contribution is 5.37. The Labute approximate surface area is 126 Å². The molecule has 0 amide bonds. The van der Waals surface area contributed by atoms with Crippen molar-refractivity contribution in [3.05, 3.63) is 0 Å². The summed E-state index contributed by atoms with van der Waals surface area (Å²) in [6.07, 6.45) is 0.998. The maximum atomic E-state index is 5.56. The quantitative estimate of drug-likeness (QED) is 0.509. The average Bonchev–Trinajstić information content (AvgIpc) is 2.42. The zero-order chi connectivity index (χ0) is 15.8. The fraction of sp³-hybridized carbons (Fsp3) is 0.769. The molecule has 1 aromatic rings. The first-order valence-corrected chi connectivity index (χ1v) is 7.25. The highest BCUT2D eigenvalue weighted by Gasteiger charge is 2.14. The van der Waals surface area contributed by atoms with Crippen LogP contribution in [0.1, 0.15) is 27.2 Å². The van der Waals surface area contributed by atoms with E-state index in [-0.39, 0.29) is 12.1 Å². The van der Waals surface area contributed by atoms with Gasteiger partial charge < -0.3 is 14.5 Å². The fourth-order valence-corrected chi connectivity index (χ4v) is 1.72. The van der Waals surface area contributed by atoms with Gasteiger partial charge in [0.05, 0.1) is 6.10 Å². The van der Waals surface area contributed by atoms with Crippen LogP contribution in [0.25, 0.3) is 0 Å². The third-order valence-corrected chi connectivity index (χ3v) is 2.67. The van der Waals surface area contributed by atoms with E-state index in [1.165, 1.54) is 0 Å². The monoisotopic (exact) mass is 297 g/mol. The summed E-state index contributed by atoms with van der Waals surface area (Å²) in [5.74, 6) is 6.32. The summed E-state index contributed by atoms with van der Waals surface area (Å²) in [6, 6.07) is 0.286. The number of aromatic nitrogens is 3. The predicted octanol–water partition coefficient (Wildman–Crippen LogP) is 0.722. The Morgan fingerprint density at radius 3 is 2.38 bits per heavy atom. The molecule has 0 aliphatic rings. The summed E-state index contributed by atoms with van der Waals surface area (Å²) >= 11 is 0. The van der Waals surface area contributed by atoms with Crippen molar-refractivity contribution >= 4 is 11.9 Å². The van der Waals surface area contributed by atoms with E-state index in [4.69, 9.17) is 10.6 Å². The zero-order valence-corrected chi connectivity index (χ0v) is 13.6. The topological polar surface area (TPSA) is 92.4 Å². The SMILES string of the molecule is CCCN(CCN(C)C)c1nc(NN)nc(OC(C)C)n1. The molecule has 0 aliphatic carbocycles. The van der Waals surface area contributed by atoms with E-state index in [0.29, 0.717) is 11.9 Å². The van der Waals surface area contributed by atoms with Crippen LogP contribution in [-0.4, -0.2) is 59.7 Å². The second kappa shape index (κ2) is 8.58. The molecule has 0 fully saturated rings. The average molecular weight is 297 g/mol. The number of rotatable bonds is 9. The summed E-state index contributed by atoms with van der Waals surface area (Å²) in [5, 5.41) is 0. The maximum Gasteiger partial charge on any atom is 0.323 e. The number of nitrogens with two attached hydrogens (primary N) is 1. The highest BCUT2D eigenvalue weighted by atomic mass is 16.5. The summed E-state index contributed by atoms with van der Waals surface area (Å²) < 4.78 is 5.56. The van der Waals surface area contributed by atoms with Gasteiger partial charge in [0.25, 0.3) is 0 Å². The summed E-state index contributed by atoms with van der Waals surface area (Å²) in [4.78, 5) is 17.1. The minimum absolute atomic E-state index is 0.00715. The van der Waals surface area contributed by atoms with E-state index < -0.39 is 0 Å². The molecule has 0 spiro atoms. The van der Waals surface area contributed by atoms with Gasteiger partial charge in [0.15, 0.2) is 0 Å². The largest absolute Gasteiger partial charge is 0.461 e. The van der Waals surface area contributed by atoms with Crippen LogP contribution in [0, 0.1) is 0 Å². The van der Waals surface area contributed by atoms with Gasteiger partial charge in [0.2, 0.25) is 11.9 Å². The van der Waals surface area contributed by atoms with Crippen molar-refractivity contribution < 1.29 is 4.74 Å². The molecular weight excluding hydrogens is 270 g/mol. The molecule has 0 aromatic carbocycles. The summed E-state index contributed by atoms with van der Waals surface area (Å²) in [5.41, 5.74) is 2.46. The molecule has 1 heterocycles. The number of likely N-dealkylation sites (N-methyl/N-ethyl adjacent to an activating group) is 1. The minimum atomic E-state index is -0.00715. The Morgan fingerprint density at radius 2 is 1.86 bits per heavy atom. The molecule has 1 rings (SSSR count). The number of anilines is 2. The Kier molecular flexibility index (Phi) is 7.10. The number of ether oxygens (including phenoxy) is 1. The smallest absolute Gasteiger partial charge is 0.323 e. The van der Waals surface area contributed by atoms with Crippen LogP contribution in [0.2, 0.25) is 0 Å². The number of nitrogens with one attached hydrogen (secondary N) is 1. The summed E-state index contributed by atoms with van der Waals surface area (Å²) in [7, 11) is 4.08. The molecule has 0 unspecified atom stereocenters. The number of nitrogens with zero attached hydrogens (tertiary/aromatic N) is 5. The highest BCUT2D eigenvalue weighted by Crippen LogP contribution is 2.15. The lowest BCUT2D eigenvalue weighted by Gasteiger charge is -2.24. The molecular formula is C13H27N7O. The van der Waals surface area contributed by atoms with Crippen LogP contribution in [0.5, 0.6) is 6.01 Å². The first-order chi connectivity index (χ1) is 9.96. The molecule has 1 aromatic heterocycles. The number of hydrogen-bond donors (Lipinski definition) is 2. The molecule has 0 saturated heterocycles. The van der Waals surface area contributed by atoms with Gasteiger partial charge in [-0.15, -0.1) is 0 Å². The van der Waals surface area contributed by atoms with Crippen molar-refractivity contribution in [3.8, 4) is 6.01 Å². The fourth-order valence-electron chi connectivity index (χ4n) is 1.72. The van der Waals surface area contributed by atoms with Crippen molar-refractivity contribution in [3.63, 3.8) is 0 Å². The number of hydrogen-bond acceptors (Lipinski definition) is 8. The van der Waals surface area contributed by atoms with Crippen LogP contribution in [-0.2, 0) is 0 Å². The second-order valence-corrected chi connectivity index (χ2v) is 5.34. The van der Waals surface area contributed by atoms with Crippen LogP contribution >= 0.6 is 0 Å². The molecule has 0 atom stereocenters. The first kappa shape index (κ1) is 17.4. The Bertz CT molecular complexity index is 425. The van der Waals surface area contributed by atoms with E-state index in [0.717, 1.165) is 26.1 Å². The number of nitrogen functional groups attached to an aromatic ring is 1. The molecule has 3 N–H and O–H groups in total. The van der Waals surface area contributed by atoms with Crippen LogP contribution in [0.15, 0.2) is 0 Å². The second-order valence-electron chi connectivity index (χ2n) is 5.34. The van der Waals surface area contributed by atoms with E-state index in [2.05, 4.69) is 37.1 Å². The van der Waals surface area contributed by atoms with Gasteiger partial charge in [-0.2, -0.15) is 15.0 Å². The van der Waals surface area contributed by atoms with Gasteiger partial charge in [-0.1, -0.05) is 6.92 Å². The van der Waals surface area contributed by atoms with E-state index in [1.54, 1.807) is 0 Å². The molecule has 0 saturated carbocycles. The Hall–Kier alpha value is -1.67.